The second-order valence-electron chi connectivity index (χ2n) is 6.72. The van der Waals surface area contributed by atoms with Crippen LogP contribution in [0.5, 0.6) is 0 Å². The minimum atomic E-state index is -0.404. The van der Waals surface area contributed by atoms with Gasteiger partial charge < -0.3 is 5.11 Å². The molecule has 4 heteroatoms. The molecule has 0 amide bonds. The summed E-state index contributed by atoms with van der Waals surface area (Å²) in [7, 11) is 0. The van der Waals surface area contributed by atoms with Crippen molar-refractivity contribution in [3.63, 3.8) is 0 Å². The normalized spacial score (nSPS) is 15.7. The summed E-state index contributed by atoms with van der Waals surface area (Å²) in [4.78, 5) is 2.34. The van der Waals surface area contributed by atoms with E-state index in [1.54, 1.807) is 10.9 Å². The van der Waals surface area contributed by atoms with E-state index in [9.17, 15) is 5.11 Å². The molecule has 0 saturated heterocycles. The molecule has 4 rings (SSSR count). The first-order valence-electron chi connectivity index (χ1n) is 8.83. The summed E-state index contributed by atoms with van der Waals surface area (Å²) in [6.07, 6.45) is 4.27. The second-order valence-corrected chi connectivity index (χ2v) is 6.72. The average molecular weight is 333 g/mol. The zero-order valence-electron chi connectivity index (χ0n) is 14.3. The summed E-state index contributed by atoms with van der Waals surface area (Å²) in [6, 6.07) is 19.2. The van der Waals surface area contributed by atoms with Crippen molar-refractivity contribution in [2.24, 2.45) is 0 Å². The second kappa shape index (κ2) is 7.21. The molecule has 1 aliphatic rings. The Labute approximate surface area is 148 Å². The van der Waals surface area contributed by atoms with Crippen LogP contribution >= 0.6 is 0 Å². The molecule has 25 heavy (non-hydrogen) atoms. The van der Waals surface area contributed by atoms with Gasteiger partial charge in [-0.1, -0.05) is 42.5 Å². The van der Waals surface area contributed by atoms with Crippen LogP contribution in [-0.2, 0) is 19.5 Å². The molecule has 1 unspecified atom stereocenters. The highest BCUT2D eigenvalue weighted by Gasteiger charge is 2.19. The van der Waals surface area contributed by atoms with Crippen LogP contribution < -0.4 is 0 Å². The van der Waals surface area contributed by atoms with Gasteiger partial charge in [-0.3, -0.25) is 9.58 Å². The first kappa shape index (κ1) is 16.1. The molecule has 1 atom stereocenters. The Kier molecular flexibility index (Phi) is 4.63. The van der Waals surface area contributed by atoms with Gasteiger partial charge in [-0.05, 0) is 40.8 Å². The van der Waals surface area contributed by atoms with E-state index in [4.69, 9.17) is 0 Å². The Balaban J connectivity index is 1.45. The summed E-state index contributed by atoms with van der Waals surface area (Å²) < 4.78 is 1.79. The van der Waals surface area contributed by atoms with E-state index in [1.165, 1.54) is 22.3 Å². The molecule has 2 heterocycles. The third-order valence-corrected chi connectivity index (χ3v) is 4.83. The van der Waals surface area contributed by atoms with E-state index < -0.39 is 6.10 Å². The first-order chi connectivity index (χ1) is 12.3. The highest BCUT2D eigenvalue weighted by molar-refractivity contribution is 5.65. The summed E-state index contributed by atoms with van der Waals surface area (Å²) in [5, 5.41) is 14.5. The van der Waals surface area contributed by atoms with Crippen molar-refractivity contribution in [2.45, 2.75) is 25.6 Å². The lowest BCUT2D eigenvalue weighted by atomic mass is 9.94. The number of benzene rings is 2. The number of rotatable bonds is 5. The van der Waals surface area contributed by atoms with Gasteiger partial charge >= 0.3 is 0 Å². The van der Waals surface area contributed by atoms with Crippen molar-refractivity contribution in [2.75, 3.05) is 13.1 Å². The zero-order valence-corrected chi connectivity index (χ0v) is 14.3. The van der Waals surface area contributed by atoms with Crippen LogP contribution in [0.1, 0.15) is 11.1 Å². The van der Waals surface area contributed by atoms with E-state index in [1.807, 2.05) is 18.3 Å². The van der Waals surface area contributed by atoms with Crippen molar-refractivity contribution >= 4 is 0 Å². The molecule has 1 aromatic heterocycles. The molecule has 0 aliphatic carbocycles. The maximum absolute atomic E-state index is 10.4. The van der Waals surface area contributed by atoms with Gasteiger partial charge in [0.2, 0.25) is 0 Å². The number of fused-ring (bicyclic) bond motifs is 1. The number of nitrogens with zero attached hydrogens (tertiary/aromatic N) is 3. The predicted octanol–water partition coefficient (Wildman–Crippen LogP) is 2.97. The Morgan fingerprint density at radius 3 is 2.64 bits per heavy atom. The van der Waals surface area contributed by atoms with Crippen molar-refractivity contribution < 1.29 is 5.11 Å². The quantitative estimate of drug-likeness (QED) is 0.780. The Morgan fingerprint density at radius 1 is 0.960 bits per heavy atom. The molecule has 0 radical (unpaired) electrons. The highest BCUT2D eigenvalue weighted by Crippen LogP contribution is 2.26. The smallest absolute Gasteiger partial charge is 0.0862 e. The molecule has 128 valence electrons. The number of aliphatic hydroxyl groups is 1. The fraction of sp³-hybridized carbons (Fsp3) is 0.286. The van der Waals surface area contributed by atoms with Crippen LogP contribution in [-0.4, -0.2) is 39.0 Å². The molecule has 4 nitrogen and oxygen atoms in total. The van der Waals surface area contributed by atoms with Gasteiger partial charge in [0.1, 0.15) is 0 Å². The minimum absolute atomic E-state index is 0.404. The van der Waals surface area contributed by atoms with Crippen molar-refractivity contribution in [1.29, 1.82) is 0 Å². The van der Waals surface area contributed by atoms with Crippen LogP contribution in [0.4, 0.5) is 0 Å². The van der Waals surface area contributed by atoms with E-state index in [2.05, 4.69) is 52.5 Å². The largest absolute Gasteiger partial charge is 0.390 e. The van der Waals surface area contributed by atoms with Gasteiger partial charge in [0.05, 0.1) is 12.6 Å². The molecule has 3 aromatic rings. The van der Waals surface area contributed by atoms with E-state index in [0.29, 0.717) is 13.1 Å². The number of β-amino-alcohol motifs (C(OH)–C–C–N with tert-alkyl or cyclic N) is 1. The summed E-state index contributed by atoms with van der Waals surface area (Å²) in [5.74, 6) is 0. The van der Waals surface area contributed by atoms with Crippen LogP contribution in [0.25, 0.3) is 11.1 Å². The lowest BCUT2D eigenvalue weighted by molar-refractivity contribution is 0.0889. The zero-order chi connectivity index (χ0) is 17.1. The van der Waals surface area contributed by atoms with Crippen molar-refractivity contribution in [1.82, 2.24) is 14.7 Å². The third-order valence-electron chi connectivity index (χ3n) is 4.83. The highest BCUT2D eigenvalue weighted by atomic mass is 16.3. The number of hydrogen-bond donors (Lipinski definition) is 1. The first-order valence-corrected chi connectivity index (χ1v) is 8.83. The molecule has 1 N–H and O–H groups in total. The monoisotopic (exact) mass is 333 g/mol. The summed E-state index contributed by atoms with van der Waals surface area (Å²) >= 11 is 0. The summed E-state index contributed by atoms with van der Waals surface area (Å²) in [5.41, 5.74) is 5.32. The maximum atomic E-state index is 10.4. The van der Waals surface area contributed by atoms with Crippen LogP contribution in [0.15, 0.2) is 67.0 Å². The fourth-order valence-electron chi connectivity index (χ4n) is 3.56. The molecule has 0 fully saturated rings. The van der Waals surface area contributed by atoms with Gasteiger partial charge in [-0.2, -0.15) is 5.10 Å². The van der Waals surface area contributed by atoms with Gasteiger partial charge in [-0.15, -0.1) is 0 Å². The third kappa shape index (κ3) is 3.81. The van der Waals surface area contributed by atoms with Crippen LogP contribution in [0, 0.1) is 0 Å². The van der Waals surface area contributed by atoms with Gasteiger partial charge in [0.15, 0.2) is 0 Å². The average Bonchev–Trinajstić information content (AvgIpc) is 3.14. The van der Waals surface area contributed by atoms with Crippen molar-refractivity contribution in [3.05, 3.63) is 78.1 Å². The van der Waals surface area contributed by atoms with Crippen molar-refractivity contribution in [3.8, 4) is 11.1 Å². The summed E-state index contributed by atoms with van der Waals surface area (Å²) in [6.45, 7) is 3.11. The number of aliphatic hydroxyl groups excluding tert-OH is 1. The molecule has 2 aromatic carbocycles. The topological polar surface area (TPSA) is 41.3 Å². The minimum Gasteiger partial charge on any atom is -0.390 e. The Morgan fingerprint density at radius 2 is 1.84 bits per heavy atom. The maximum Gasteiger partial charge on any atom is 0.0862 e. The van der Waals surface area contributed by atoms with E-state index >= 15 is 0 Å². The van der Waals surface area contributed by atoms with E-state index in [0.717, 1.165) is 19.5 Å². The Hall–Kier alpha value is -2.43. The predicted molar refractivity (Wildman–Crippen MR) is 99.1 cm³/mol. The standard InChI is InChI=1S/C21H23N3O/c25-21(16-24-11-4-10-22-24)15-23-12-9-18-7-8-19(13-20(18)14-23)17-5-2-1-3-6-17/h1-8,10-11,13,21,25H,9,12,14-16H2. The molecular weight excluding hydrogens is 310 g/mol. The number of hydrogen-bond acceptors (Lipinski definition) is 3. The molecule has 1 aliphatic heterocycles. The molecule has 0 saturated carbocycles. The molecular formula is C21H23N3O. The fourth-order valence-corrected chi connectivity index (χ4v) is 3.56. The SMILES string of the molecule is OC(CN1CCc2ccc(-c3ccccc3)cc2C1)Cn1cccn1. The molecule has 0 spiro atoms. The number of aromatic nitrogens is 2. The lowest BCUT2D eigenvalue weighted by Gasteiger charge is -2.30. The van der Waals surface area contributed by atoms with Crippen LogP contribution in [0.2, 0.25) is 0 Å². The van der Waals surface area contributed by atoms with Gasteiger partial charge in [0.25, 0.3) is 0 Å². The van der Waals surface area contributed by atoms with Gasteiger partial charge in [0, 0.05) is 32.0 Å². The van der Waals surface area contributed by atoms with Crippen LogP contribution in [0.3, 0.4) is 0 Å². The van der Waals surface area contributed by atoms with E-state index in [-0.39, 0.29) is 0 Å². The molecule has 0 bridgehead atoms. The van der Waals surface area contributed by atoms with Gasteiger partial charge in [-0.25, -0.2) is 0 Å². The Bertz CT molecular complexity index is 814. The lowest BCUT2D eigenvalue weighted by Crippen LogP contribution is -2.38.